The molecule has 0 aliphatic heterocycles. The smallest absolute Gasteiger partial charge is 0.206 e. The topological polar surface area (TPSA) is 25.8 Å². The number of hydrogen-bond donors (Lipinski definition) is 0. The van der Waals surface area contributed by atoms with Crippen LogP contribution in [0.2, 0.25) is 10.3 Å². The van der Waals surface area contributed by atoms with Crippen LogP contribution in [-0.2, 0) is 0 Å². The van der Waals surface area contributed by atoms with Crippen LogP contribution in [0.5, 0.6) is 0 Å². The molecular formula is C4HCl2N2S. The second-order valence-corrected chi connectivity index (χ2v) is 2.44. The van der Waals surface area contributed by atoms with Gasteiger partial charge in [-0.05, 0) is 12.6 Å². The van der Waals surface area contributed by atoms with Gasteiger partial charge >= 0.3 is 0 Å². The van der Waals surface area contributed by atoms with E-state index < -0.39 is 0 Å². The van der Waals surface area contributed by atoms with Gasteiger partial charge in [0.15, 0.2) is 0 Å². The fourth-order valence-electron chi connectivity index (χ4n) is 0.371. The lowest BCUT2D eigenvalue weighted by Crippen LogP contribution is -1.82. The van der Waals surface area contributed by atoms with E-state index in [0.717, 1.165) is 0 Å². The summed E-state index contributed by atoms with van der Waals surface area (Å²) in [6, 6.07) is 1.43. The van der Waals surface area contributed by atoms with Gasteiger partial charge in [-0.15, -0.1) is 0 Å². The fourth-order valence-corrected chi connectivity index (χ4v) is 1.09. The van der Waals surface area contributed by atoms with Crippen LogP contribution in [0.3, 0.4) is 0 Å². The van der Waals surface area contributed by atoms with Crippen molar-refractivity contribution in [3.8, 4) is 0 Å². The second kappa shape index (κ2) is 2.64. The highest BCUT2D eigenvalue weighted by Gasteiger charge is 1.95. The van der Waals surface area contributed by atoms with E-state index in [1.54, 1.807) is 0 Å². The molecule has 9 heavy (non-hydrogen) atoms. The van der Waals surface area contributed by atoms with Crippen LogP contribution in [0, 0.1) is 0 Å². The second-order valence-electron chi connectivity index (χ2n) is 1.30. The monoisotopic (exact) mass is 179 g/mol. The molecule has 1 rings (SSSR count). The zero-order chi connectivity index (χ0) is 6.85. The predicted molar refractivity (Wildman–Crippen MR) is 37.9 cm³/mol. The Labute approximate surface area is 67.6 Å². The van der Waals surface area contributed by atoms with Crippen LogP contribution in [0.25, 0.3) is 0 Å². The van der Waals surface area contributed by atoms with Gasteiger partial charge in [0.05, 0.1) is 0 Å². The standard InChI is InChI=1S/C4HCl2N2S/c5-2-1-3(6)8-4(9)7-2/h1H. The third kappa shape index (κ3) is 1.93. The zero-order valence-electron chi connectivity index (χ0n) is 4.14. The van der Waals surface area contributed by atoms with E-state index in [0.29, 0.717) is 0 Å². The number of rotatable bonds is 0. The van der Waals surface area contributed by atoms with Gasteiger partial charge in [-0.2, -0.15) is 0 Å². The highest BCUT2D eigenvalue weighted by Crippen LogP contribution is 2.12. The molecule has 0 saturated heterocycles. The average molecular weight is 180 g/mol. The molecule has 1 aromatic heterocycles. The van der Waals surface area contributed by atoms with Crippen LogP contribution in [0.15, 0.2) is 11.2 Å². The Morgan fingerprint density at radius 1 is 1.22 bits per heavy atom. The Hall–Kier alpha value is -0.120. The molecule has 5 heteroatoms. The first kappa shape index (κ1) is 6.99. The molecule has 0 atom stereocenters. The van der Waals surface area contributed by atoms with Crippen LogP contribution in [0.4, 0.5) is 0 Å². The minimum Gasteiger partial charge on any atom is -0.206 e. The first-order valence-corrected chi connectivity index (χ1v) is 3.22. The molecule has 1 radical (unpaired) electrons. The summed E-state index contributed by atoms with van der Waals surface area (Å²) >= 11 is 15.5. The highest BCUT2D eigenvalue weighted by molar-refractivity contribution is 7.80. The van der Waals surface area contributed by atoms with Crippen LogP contribution in [-0.4, -0.2) is 9.97 Å². The summed E-state index contributed by atoms with van der Waals surface area (Å²) in [6.07, 6.45) is 0. The van der Waals surface area contributed by atoms with E-state index in [1.165, 1.54) is 6.07 Å². The molecule has 0 aliphatic rings. The lowest BCUT2D eigenvalue weighted by atomic mass is 10.7. The molecule has 0 N–H and O–H groups in total. The van der Waals surface area contributed by atoms with E-state index >= 15 is 0 Å². The lowest BCUT2D eigenvalue weighted by Gasteiger charge is -1.89. The summed E-state index contributed by atoms with van der Waals surface area (Å²) in [7, 11) is 0. The third-order valence-corrected chi connectivity index (χ3v) is 1.21. The predicted octanol–water partition coefficient (Wildman–Crippen LogP) is 2.34. The Bertz CT molecular complexity index is 177. The van der Waals surface area contributed by atoms with Crippen molar-refractivity contribution >= 4 is 35.8 Å². The van der Waals surface area contributed by atoms with Gasteiger partial charge < -0.3 is 0 Å². The largest absolute Gasteiger partial charge is 0.222 e. The van der Waals surface area contributed by atoms with Crippen molar-refractivity contribution in [1.29, 1.82) is 0 Å². The van der Waals surface area contributed by atoms with Gasteiger partial charge in [0, 0.05) is 6.07 Å². The van der Waals surface area contributed by atoms with Gasteiger partial charge in [0.2, 0.25) is 5.16 Å². The van der Waals surface area contributed by atoms with E-state index in [1.807, 2.05) is 0 Å². The first-order chi connectivity index (χ1) is 4.18. The third-order valence-electron chi connectivity index (χ3n) is 0.643. The zero-order valence-corrected chi connectivity index (χ0v) is 6.46. The SMILES string of the molecule is [S]c1nc(Cl)cc(Cl)n1. The van der Waals surface area contributed by atoms with Crippen LogP contribution < -0.4 is 0 Å². The molecule has 1 heterocycles. The van der Waals surface area contributed by atoms with Crippen molar-refractivity contribution < 1.29 is 0 Å². The molecule has 2 nitrogen and oxygen atoms in total. The van der Waals surface area contributed by atoms with E-state index in [4.69, 9.17) is 23.2 Å². The molecule has 47 valence electrons. The summed E-state index contributed by atoms with van der Waals surface area (Å²) in [5, 5.41) is 0.729. The van der Waals surface area contributed by atoms with Crippen LogP contribution in [0.1, 0.15) is 0 Å². The van der Waals surface area contributed by atoms with Crippen molar-refractivity contribution in [2.45, 2.75) is 5.16 Å². The molecular weight excluding hydrogens is 179 g/mol. The molecule has 0 spiro atoms. The van der Waals surface area contributed by atoms with Crippen LogP contribution >= 0.6 is 35.8 Å². The number of halogens is 2. The maximum atomic E-state index is 5.45. The number of aromatic nitrogens is 2. The number of hydrogen-bond acceptors (Lipinski definition) is 2. The summed E-state index contributed by atoms with van der Waals surface area (Å²) in [6.45, 7) is 0. The summed E-state index contributed by atoms with van der Waals surface area (Å²) in [4.78, 5) is 7.24. The van der Waals surface area contributed by atoms with Gasteiger partial charge in [-0.3, -0.25) is 0 Å². The van der Waals surface area contributed by atoms with Gasteiger partial charge in [-0.1, -0.05) is 23.2 Å². The quantitative estimate of drug-likeness (QED) is 0.452. The average Bonchev–Trinajstić information content (AvgIpc) is 1.59. The van der Waals surface area contributed by atoms with Gasteiger partial charge in [0.25, 0.3) is 0 Å². The first-order valence-electron chi connectivity index (χ1n) is 2.05. The molecule has 0 aliphatic carbocycles. The summed E-state index contributed by atoms with van der Waals surface area (Å²) in [5.74, 6) is 0. The maximum absolute atomic E-state index is 5.45. The molecule has 0 saturated carbocycles. The van der Waals surface area contributed by atoms with Crippen molar-refractivity contribution in [2.75, 3.05) is 0 Å². The fraction of sp³-hybridized carbons (Fsp3) is 0. The van der Waals surface area contributed by atoms with Crippen molar-refractivity contribution in [3.63, 3.8) is 0 Å². The lowest BCUT2D eigenvalue weighted by molar-refractivity contribution is 0.976. The van der Waals surface area contributed by atoms with E-state index in [9.17, 15) is 0 Å². The summed E-state index contributed by atoms with van der Waals surface area (Å²) in [5.41, 5.74) is 0. The molecule has 0 bridgehead atoms. The Balaban J connectivity index is 3.17. The maximum Gasteiger partial charge on any atom is 0.222 e. The van der Waals surface area contributed by atoms with Crippen molar-refractivity contribution in [1.82, 2.24) is 9.97 Å². The van der Waals surface area contributed by atoms with Gasteiger partial charge in [-0.25, -0.2) is 9.97 Å². The molecule has 0 amide bonds. The normalized spacial score (nSPS) is 9.56. The van der Waals surface area contributed by atoms with Crippen molar-refractivity contribution in [2.24, 2.45) is 0 Å². The Morgan fingerprint density at radius 2 is 1.67 bits per heavy atom. The Morgan fingerprint density at radius 3 is 2.00 bits per heavy atom. The molecule has 1 aromatic rings. The minimum absolute atomic E-state index is 0.174. The molecule has 0 aromatic carbocycles. The highest BCUT2D eigenvalue weighted by atomic mass is 35.5. The molecule has 0 fully saturated rings. The van der Waals surface area contributed by atoms with E-state index in [-0.39, 0.29) is 15.5 Å². The molecule has 0 unspecified atom stereocenters. The Kier molecular flexibility index (Phi) is 2.05. The van der Waals surface area contributed by atoms with Gasteiger partial charge in [0.1, 0.15) is 10.3 Å². The minimum atomic E-state index is 0.174. The number of nitrogens with zero attached hydrogens (tertiary/aromatic N) is 2. The van der Waals surface area contributed by atoms with Crippen molar-refractivity contribution in [3.05, 3.63) is 16.4 Å². The van der Waals surface area contributed by atoms with E-state index in [2.05, 4.69) is 22.6 Å². The summed E-state index contributed by atoms with van der Waals surface area (Å²) < 4.78 is 0.